The molecule has 0 heterocycles. The summed E-state index contributed by atoms with van der Waals surface area (Å²) in [6.45, 7) is 5.49. The number of rotatable bonds is 6. The molecule has 0 bridgehead atoms. The minimum Gasteiger partial charge on any atom is -0.497 e. The number of nitrogens with one attached hydrogen (secondary N) is 1. The van der Waals surface area contributed by atoms with Crippen LogP contribution in [0, 0.1) is 0 Å². The lowest BCUT2D eigenvalue weighted by Crippen LogP contribution is -2.19. The van der Waals surface area contributed by atoms with Gasteiger partial charge in [0.15, 0.2) is 0 Å². The van der Waals surface area contributed by atoms with Crippen molar-refractivity contribution in [2.75, 3.05) is 13.7 Å². The summed E-state index contributed by atoms with van der Waals surface area (Å²) in [5.74, 6) is 0.916. The van der Waals surface area contributed by atoms with Crippen LogP contribution in [-0.2, 0) is 0 Å². The second-order valence-electron chi connectivity index (χ2n) is 3.80. The SMILES string of the molecule is CCCCN[C@@H](C)c1ccc(OC)cc1. The van der Waals surface area contributed by atoms with Crippen molar-refractivity contribution in [1.29, 1.82) is 0 Å². The Bertz CT molecular complexity index is 268. The summed E-state index contributed by atoms with van der Waals surface area (Å²) in [7, 11) is 1.69. The third-order valence-electron chi connectivity index (χ3n) is 2.60. The molecule has 1 aromatic carbocycles. The number of hydrogen-bond donors (Lipinski definition) is 1. The first-order valence-electron chi connectivity index (χ1n) is 5.65. The first-order chi connectivity index (χ1) is 7.27. The summed E-state index contributed by atoms with van der Waals surface area (Å²) in [5.41, 5.74) is 1.31. The zero-order valence-electron chi connectivity index (χ0n) is 9.92. The number of hydrogen-bond acceptors (Lipinski definition) is 2. The molecule has 15 heavy (non-hydrogen) atoms. The van der Waals surface area contributed by atoms with Crippen molar-refractivity contribution in [3.05, 3.63) is 29.8 Å². The van der Waals surface area contributed by atoms with Gasteiger partial charge in [0.1, 0.15) is 5.75 Å². The lowest BCUT2D eigenvalue weighted by atomic mass is 10.1. The van der Waals surface area contributed by atoms with Crippen molar-refractivity contribution in [1.82, 2.24) is 5.32 Å². The van der Waals surface area contributed by atoms with Crippen LogP contribution in [0.5, 0.6) is 5.75 Å². The maximum atomic E-state index is 5.13. The molecule has 2 nitrogen and oxygen atoms in total. The van der Waals surface area contributed by atoms with Crippen molar-refractivity contribution in [2.24, 2.45) is 0 Å². The minimum atomic E-state index is 0.419. The van der Waals surface area contributed by atoms with Crippen LogP contribution in [0.3, 0.4) is 0 Å². The van der Waals surface area contributed by atoms with E-state index < -0.39 is 0 Å². The lowest BCUT2D eigenvalue weighted by molar-refractivity contribution is 0.414. The summed E-state index contributed by atoms with van der Waals surface area (Å²) in [4.78, 5) is 0. The second kappa shape index (κ2) is 6.46. The van der Waals surface area contributed by atoms with E-state index in [0.717, 1.165) is 12.3 Å². The van der Waals surface area contributed by atoms with Crippen LogP contribution < -0.4 is 10.1 Å². The molecular formula is C13H21NO. The topological polar surface area (TPSA) is 21.3 Å². The van der Waals surface area contributed by atoms with Gasteiger partial charge in [-0.25, -0.2) is 0 Å². The Kier molecular flexibility index (Phi) is 5.19. The molecule has 0 radical (unpaired) electrons. The van der Waals surface area contributed by atoms with Crippen molar-refractivity contribution < 1.29 is 4.74 Å². The second-order valence-corrected chi connectivity index (χ2v) is 3.80. The summed E-state index contributed by atoms with van der Waals surface area (Å²) in [6, 6.07) is 8.66. The first kappa shape index (κ1) is 12.1. The van der Waals surface area contributed by atoms with Gasteiger partial charge in [0.05, 0.1) is 7.11 Å². The molecule has 2 heteroatoms. The average molecular weight is 207 g/mol. The zero-order chi connectivity index (χ0) is 11.1. The maximum absolute atomic E-state index is 5.13. The van der Waals surface area contributed by atoms with E-state index >= 15 is 0 Å². The van der Waals surface area contributed by atoms with Crippen LogP contribution in [0.15, 0.2) is 24.3 Å². The summed E-state index contributed by atoms with van der Waals surface area (Å²) < 4.78 is 5.13. The highest BCUT2D eigenvalue weighted by Crippen LogP contribution is 2.16. The molecule has 1 N–H and O–H groups in total. The smallest absolute Gasteiger partial charge is 0.118 e. The van der Waals surface area contributed by atoms with Gasteiger partial charge in [0.25, 0.3) is 0 Å². The summed E-state index contributed by atoms with van der Waals surface area (Å²) in [6.07, 6.45) is 2.48. The molecule has 0 aliphatic heterocycles. The number of ether oxygens (including phenoxy) is 1. The third-order valence-corrected chi connectivity index (χ3v) is 2.60. The molecule has 1 atom stereocenters. The van der Waals surface area contributed by atoms with E-state index in [1.165, 1.54) is 18.4 Å². The van der Waals surface area contributed by atoms with E-state index in [1.54, 1.807) is 7.11 Å². The average Bonchev–Trinajstić information content (AvgIpc) is 2.29. The van der Waals surface area contributed by atoms with Crippen molar-refractivity contribution in [2.45, 2.75) is 32.7 Å². The van der Waals surface area contributed by atoms with Crippen LogP contribution in [0.4, 0.5) is 0 Å². The Balaban J connectivity index is 2.46. The molecule has 0 aliphatic rings. The van der Waals surface area contributed by atoms with E-state index in [0.29, 0.717) is 6.04 Å². The Morgan fingerprint density at radius 3 is 2.47 bits per heavy atom. The van der Waals surface area contributed by atoms with Gasteiger partial charge in [-0.05, 0) is 37.6 Å². The number of benzene rings is 1. The zero-order valence-corrected chi connectivity index (χ0v) is 9.92. The van der Waals surface area contributed by atoms with Crippen LogP contribution in [-0.4, -0.2) is 13.7 Å². The molecule has 0 amide bonds. The van der Waals surface area contributed by atoms with Gasteiger partial charge in [0, 0.05) is 6.04 Å². The van der Waals surface area contributed by atoms with Crippen LogP contribution >= 0.6 is 0 Å². The van der Waals surface area contributed by atoms with E-state index in [9.17, 15) is 0 Å². The predicted octanol–water partition coefficient (Wildman–Crippen LogP) is 3.15. The fraction of sp³-hybridized carbons (Fsp3) is 0.538. The van der Waals surface area contributed by atoms with Crippen LogP contribution in [0.1, 0.15) is 38.3 Å². The monoisotopic (exact) mass is 207 g/mol. The van der Waals surface area contributed by atoms with Gasteiger partial charge >= 0.3 is 0 Å². The van der Waals surface area contributed by atoms with Crippen molar-refractivity contribution >= 4 is 0 Å². The Labute approximate surface area is 92.6 Å². The van der Waals surface area contributed by atoms with Crippen LogP contribution in [0.2, 0.25) is 0 Å². The lowest BCUT2D eigenvalue weighted by Gasteiger charge is -2.14. The molecule has 0 fully saturated rings. The van der Waals surface area contributed by atoms with Gasteiger partial charge in [-0.3, -0.25) is 0 Å². The number of unbranched alkanes of at least 4 members (excludes halogenated alkanes) is 1. The van der Waals surface area contributed by atoms with E-state index in [4.69, 9.17) is 4.74 Å². The quantitative estimate of drug-likeness (QED) is 0.723. The molecule has 0 saturated carbocycles. The van der Waals surface area contributed by atoms with E-state index in [-0.39, 0.29) is 0 Å². The molecule has 0 unspecified atom stereocenters. The Hall–Kier alpha value is -1.02. The van der Waals surface area contributed by atoms with Gasteiger partial charge in [-0.15, -0.1) is 0 Å². The molecule has 1 aromatic rings. The maximum Gasteiger partial charge on any atom is 0.118 e. The van der Waals surface area contributed by atoms with Gasteiger partial charge < -0.3 is 10.1 Å². The molecule has 84 valence electrons. The first-order valence-corrected chi connectivity index (χ1v) is 5.65. The Morgan fingerprint density at radius 2 is 1.93 bits per heavy atom. The fourth-order valence-electron chi connectivity index (χ4n) is 1.51. The highest BCUT2D eigenvalue weighted by Gasteiger charge is 2.03. The van der Waals surface area contributed by atoms with Gasteiger partial charge in [-0.1, -0.05) is 25.5 Å². The molecule has 0 saturated heterocycles. The third kappa shape index (κ3) is 3.92. The Morgan fingerprint density at radius 1 is 1.27 bits per heavy atom. The molecule has 1 rings (SSSR count). The largest absolute Gasteiger partial charge is 0.497 e. The summed E-state index contributed by atoms with van der Waals surface area (Å²) in [5, 5.41) is 3.50. The number of methoxy groups -OCH3 is 1. The molecule has 0 aliphatic carbocycles. The highest BCUT2D eigenvalue weighted by molar-refractivity contribution is 5.28. The van der Waals surface area contributed by atoms with Gasteiger partial charge in [0.2, 0.25) is 0 Å². The molecular weight excluding hydrogens is 186 g/mol. The van der Waals surface area contributed by atoms with E-state index in [2.05, 4.69) is 31.3 Å². The normalized spacial score (nSPS) is 12.5. The fourth-order valence-corrected chi connectivity index (χ4v) is 1.51. The van der Waals surface area contributed by atoms with E-state index in [1.807, 2.05) is 12.1 Å². The predicted molar refractivity (Wildman–Crippen MR) is 64.3 cm³/mol. The van der Waals surface area contributed by atoms with Gasteiger partial charge in [-0.2, -0.15) is 0 Å². The molecule has 0 spiro atoms. The summed E-state index contributed by atoms with van der Waals surface area (Å²) >= 11 is 0. The van der Waals surface area contributed by atoms with Crippen LogP contribution in [0.25, 0.3) is 0 Å². The minimum absolute atomic E-state index is 0.419. The standard InChI is InChI=1S/C13H21NO/c1-4-5-10-14-11(2)12-6-8-13(15-3)9-7-12/h6-9,11,14H,4-5,10H2,1-3H3/t11-/m0/s1. The van der Waals surface area contributed by atoms with Crippen molar-refractivity contribution in [3.63, 3.8) is 0 Å². The molecule has 0 aromatic heterocycles. The van der Waals surface area contributed by atoms with Crippen molar-refractivity contribution in [3.8, 4) is 5.75 Å². The highest BCUT2D eigenvalue weighted by atomic mass is 16.5.